The molecule has 1 fully saturated rings. The number of halogens is 1. The van der Waals surface area contributed by atoms with Gasteiger partial charge in [-0.05, 0) is 34.5 Å². The molecule has 0 aromatic carbocycles. The average Bonchev–Trinajstić information content (AvgIpc) is 3.08. The van der Waals surface area contributed by atoms with Gasteiger partial charge in [0, 0.05) is 30.8 Å². The van der Waals surface area contributed by atoms with E-state index in [9.17, 15) is 4.79 Å². The van der Waals surface area contributed by atoms with Crippen LogP contribution in [0.5, 0.6) is 0 Å². The highest BCUT2D eigenvalue weighted by atomic mass is 79.9. The van der Waals surface area contributed by atoms with E-state index in [0.717, 1.165) is 5.56 Å². The van der Waals surface area contributed by atoms with Crippen LogP contribution < -0.4 is 0 Å². The molecule has 0 spiro atoms. The molecule has 1 saturated heterocycles. The molecule has 0 radical (unpaired) electrons. The van der Waals surface area contributed by atoms with E-state index >= 15 is 0 Å². The van der Waals surface area contributed by atoms with Crippen LogP contribution in [0, 0.1) is 0 Å². The summed E-state index contributed by atoms with van der Waals surface area (Å²) in [7, 11) is 0. The molecule has 0 unspecified atom stereocenters. The van der Waals surface area contributed by atoms with Gasteiger partial charge in [0.1, 0.15) is 4.60 Å². The summed E-state index contributed by atoms with van der Waals surface area (Å²) < 4.78 is 5.93. The molecule has 1 atom stereocenters. The fourth-order valence-corrected chi connectivity index (χ4v) is 2.56. The molecule has 1 amide bonds. The summed E-state index contributed by atoms with van der Waals surface area (Å²) in [6.45, 7) is 0.916. The number of likely N-dealkylation sites (tertiary alicyclic amines) is 1. The molecule has 0 bridgehead atoms. The van der Waals surface area contributed by atoms with E-state index in [1.165, 1.54) is 4.90 Å². The Morgan fingerprint density at radius 3 is 3.10 bits per heavy atom. The number of rotatable bonds is 2. The van der Waals surface area contributed by atoms with Crippen molar-refractivity contribution in [2.45, 2.75) is 12.3 Å². The molecular formula is C12H11BrN4O3. The van der Waals surface area contributed by atoms with Crippen LogP contribution in [0.15, 0.2) is 27.5 Å². The van der Waals surface area contributed by atoms with E-state index in [2.05, 4.69) is 31.1 Å². The van der Waals surface area contributed by atoms with Gasteiger partial charge >= 0.3 is 6.09 Å². The largest absolute Gasteiger partial charge is 0.465 e. The van der Waals surface area contributed by atoms with Gasteiger partial charge < -0.3 is 14.5 Å². The molecular weight excluding hydrogens is 328 g/mol. The monoisotopic (exact) mass is 338 g/mol. The van der Waals surface area contributed by atoms with Gasteiger partial charge in [-0.25, -0.2) is 9.78 Å². The van der Waals surface area contributed by atoms with Crippen LogP contribution in [0.2, 0.25) is 0 Å². The van der Waals surface area contributed by atoms with E-state index in [1.54, 1.807) is 18.3 Å². The van der Waals surface area contributed by atoms with Crippen molar-refractivity contribution >= 4 is 22.0 Å². The Hall–Kier alpha value is -1.96. The number of hydrogen-bond donors (Lipinski definition) is 1. The van der Waals surface area contributed by atoms with Crippen LogP contribution in [0.1, 0.15) is 18.2 Å². The maximum absolute atomic E-state index is 10.9. The summed E-state index contributed by atoms with van der Waals surface area (Å²) in [4.78, 5) is 20.6. The highest BCUT2D eigenvalue weighted by Gasteiger charge is 2.30. The van der Waals surface area contributed by atoms with Crippen LogP contribution in [0.4, 0.5) is 4.79 Å². The van der Waals surface area contributed by atoms with Gasteiger partial charge in [-0.2, -0.15) is 4.98 Å². The molecule has 8 heteroatoms. The second-order valence-electron chi connectivity index (χ2n) is 4.54. The Kier molecular flexibility index (Phi) is 3.39. The summed E-state index contributed by atoms with van der Waals surface area (Å²) in [6.07, 6.45) is 1.45. The first-order valence-electron chi connectivity index (χ1n) is 6.07. The number of pyridine rings is 1. The van der Waals surface area contributed by atoms with Crippen molar-refractivity contribution < 1.29 is 14.4 Å². The zero-order valence-corrected chi connectivity index (χ0v) is 11.9. The summed E-state index contributed by atoms with van der Waals surface area (Å²) in [6, 6.07) is 3.57. The molecule has 0 aliphatic carbocycles. The van der Waals surface area contributed by atoms with Crippen molar-refractivity contribution in [2.24, 2.45) is 0 Å². The van der Waals surface area contributed by atoms with E-state index < -0.39 is 6.09 Å². The van der Waals surface area contributed by atoms with Gasteiger partial charge in [-0.3, -0.25) is 0 Å². The lowest BCUT2D eigenvalue weighted by Gasteiger charge is -2.09. The number of carboxylic acid groups (broad SMARTS) is 1. The van der Waals surface area contributed by atoms with Gasteiger partial charge in [0.25, 0.3) is 5.89 Å². The van der Waals surface area contributed by atoms with Gasteiger partial charge in [0.15, 0.2) is 5.82 Å². The highest BCUT2D eigenvalue weighted by Crippen LogP contribution is 2.27. The van der Waals surface area contributed by atoms with Crippen LogP contribution >= 0.6 is 15.9 Å². The molecule has 2 aromatic heterocycles. The molecule has 104 valence electrons. The summed E-state index contributed by atoms with van der Waals surface area (Å²) in [5.41, 5.74) is 0.777. The Morgan fingerprint density at radius 2 is 2.40 bits per heavy atom. The second kappa shape index (κ2) is 5.20. The normalized spacial score (nSPS) is 18.4. The third-order valence-electron chi connectivity index (χ3n) is 3.24. The number of hydrogen-bond acceptors (Lipinski definition) is 5. The van der Waals surface area contributed by atoms with Crippen molar-refractivity contribution in [3.63, 3.8) is 0 Å². The number of aromatic nitrogens is 3. The molecule has 1 aliphatic heterocycles. The smallest absolute Gasteiger partial charge is 0.407 e. The van der Waals surface area contributed by atoms with Gasteiger partial charge in [0.05, 0.1) is 0 Å². The third-order valence-corrected chi connectivity index (χ3v) is 3.67. The Labute approximate surface area is 122 Å². The first-order chi connectivity index (χ1) is 9.63. The summed E-state index contributed by atoms with van der Waals surface area (Å²) in [5.74, 6) is 0.961. The minimum absolute atomic E-state index is 0.00567. The van der Waals surface area contributed by atoms with Crippen molar-refractivity contribution in [1.82, 2.24) is 20.0 Å². The fourth-order valence-electron chi connectivity index (χ4n) is 2.20. The minimum Gasteiger partial charge on any atom is -0.465 e. The van der Waals surface area contributed by atoms with Crippen LogP contribution in [-0.2, 0) is 0 Å². The fraction of sp³-hybridized carbons (Fsp3) is 0.333. The quantitative estimate of drug-likeness (QED) is 0.845. The third kappa shape index (κ3) is 2.51. The van der Waals surface area contributed by atoms with Crippen molar-refractivity contribution in [3.05, 3.63) is 28.8 Å². The van der Waals surface area contributed by atoms with Gasteiger partial charge in [-0.1, -0.05) is 5.16 Å². The molecule has 7 nitrogen and oxygen atoms in total. The Bertz CT molecular complexity index is 645. The number of carbonyl (C=O) groups is 1. The SMILES string of the molecule is O=C(O)N1CC[C@@H](c2noc(-c3ccnc(Br)c3)n2)C1. The minimum atomic E-state index is -0.908. The predicted molar refractivity (Wildman–Crippen MR) is 72.2 cm³/mol. The summed E-state index contributed by atoms with van der Waals surface area (Å²) in [5, 5.41) is 12.9. The summed E-state index contributed by atoms with van der Waals surface area (Å²) >= 11 is 3.28. The lowest BCUT2D eigenvalue weighted by atomic mass is 10.1. The second-order valence-corrected chi connectivity index (χ2v) is 5.35. The molecule has 2 aromatic rings. The van der Waals surface area contributed by atoms with Crippen molar-refractivity contribution in [3.8, 4) is 11.5 Å². The zero-order chi connectivity index (χ0) is 14.1. The number of nitrogens with zero attached hydrogens (tertiary/aromatic N) is 4. The van der Waals surface area contributed by atoms with Gasteiger partial charge in [-0.15, -0.1) is 0 Å². The lowest BCUT2D eigenvalue weighted by Crippen LogP contribution is -2.26. The van der Waals surface area contributed by atoms with Crippen LogP contribution in [-0.4, -0.2) is 44.3 Å². The highest BCUT2D eigenvalue weighted by molar-refractivity contribution is 9.10. The lowest BCUT2D eigenvalue weighted by molar-refractivity contribution is 0.155. The molecule has 0 saturated carbocycles. The Morgan fingerprint density at radius 1 is 1.55 bits per heavy atom. The van der Waals surface area contributed by atoms with Crippen molar-refractivity contribution in [2.75, 3.05) is 13.1 Å². The maximum Gasteiger partial charge on any atom is 0.407 e. The van der Waals surface area contributed by atoms with E-state index in [0.29, 0.717) is 35.8 Å². The Balaban J connectivity index is 1.79. The molecule has 20 heavy (non-hydrogen) atoms. The standard InChI is InChI=1S/C12H11BrN4O3/c13-9-5-7(1-3-14-9)11-15-10(16-20-11)8-2-4-17(6-8)12(18)19/h1,3,5,8H,2,4,6H2,(H,18,19)/t8-/m1/s1. The van der Waals surface area contributed by atoms with Crippen LogP contribution in [0.25, 0.3) is 11.5 Å². The topological polar surface area (TPSA) is 92.3 Å². The van der Waals surface area contributed by atoms with Gasteiger partial charge in [0.2, 0.25) is 0 Å². The molecule has 3 rings (SSSR count). The zero-order valence-electron chi connectivity index (χ0n) is 10.4. The first-order valence-corrected chi connectivity index (χ1v) is 6.86. The van der Waals surface area contributed by atoms with Crippen molar-refractivity contribution in [1.29, 1.82) is 0 Å². The average molecular weight is 339 g/mol. The van der Waals surface area contributed by atoms with Crippen LogP contribution in [0.3, 0.4) is 0 Å². The maximum atomic E-state index is 10.9. The molecule has 1 aliphatic rings. The predicted octanol–water partition coefficient (Wildman–Crippen LogP) is 2.36. The van der Waals surface area contributed by atoms with E-state index in [-0.39, 0.29) is 5.92 Å². The molecule has 3 heterocycles. The molecule has 1 N–H and O–H groups in total. The first kappa shape index (κ1) is 13.0. The van der Waals surface area contributed by atoms with E-state index in [4.69, 9.17) is 9.63 Å². The number of amides is 1. The van der Waals surface area contributed by atoms with E-state index in [1.807, 2.05) is 0 Å².